The van der Waals surface area contributed by atoms with Crippen molar-refractivity contribution in [2.45, 2.75) is 77.0 Å². The highest BCUT2D eigenvalue weighted by Gasteiger charge is 2.33. The first-order valence-corrected chi connectivity index (χ1v) is 10.2. The minimum absolute atomic E-state index is 0.0697. The predicted molar refractivity (Wildman–Crippen MR) is 106 cm³/mol. The highest BCUT2D eigenvalue weighted by molar-refractivity contribution is 5.79. The van der Waals surface area contributed by atoms with E-state index in [4.69, 9.17) is 4.74 Å². The number of carbonyl (C=O) groups is 1. The van der Waals surface area contributed by atoms with Gasteiger partial charge in [0, 0.05) is 18.6 Å². The molecule has 5 atom stereocenters. The van der Waals surface area contributed by atoms with Crippen molar-refractivity contribution in [3.05, 3.63) is 48.0 Å². The van der Waals surface area contributed by atoms with Crippen molar-refractivity contribution in [2.75, 3.05) is 6.54 Å². The fourth-order valence-electron chi connectivity index (χ4n) is 4.55. The molecule has 0 radical (unpaired) electrons. The van der Waals surface area contributed by atoms with Crippen molar-refractivity contribution in [3.63, 3.8) is 0 Å². The molecule has 26 heavy (non-hydrogen) atoms. The van der Waals surface area contributed by atoms with Gasteiger partial charge in [-0.05, 0) is 64.4 Å². The molecule has 3 rings (SSSR count). The summed E-state index contributed by atoms with van der Waals surface area (Å²) in [6.45, 7) is 7.42. The van der Waals surface area contributed by atoms with Gasteiger partial charge in [0.25, 0.3) is 0 Å². The Kier molecular flexibility index (Phi) is 6.53. The zero-order chi connectivity index (χ0) is 18.5. The summed E-state index contributed by atoms with van der Waals surface area (Å²) in [5.41, 5.74) is 1.07. The summed E-state index contributed by atoms with van der Waals surface area (Å²) in [6, 6.07) is 11.3. The Morgan fingerprint density at radius 3 is 2.46 bits per heavy atom. The molecule has 0 amide bonds. The number of rotatable bonds is 6. The summed E-state index contributed by atoms with van der Waals surface area (Å²) in [7, 11) is 0. The Morgan fingerprint density at radius 2 is 1.85 bits per heavy atom. The number of allylic oxidation sites excluding steroid dienone is 2. The molecule has 1 fully saturated rings. The van der Waals surface area contributed by atoms with Crippen LogP contribution in [0.2, 0.25) is 0 Å². The number of hydrogen-bond acceptors (Lipinski definition) is 3. The second-order valence-corrected chi connectivity index (χ2v) is 8.13. The van der Waals surface area contributed by atoms with E-state index < -0.39 is 0 Å². The van der Waals surface area contributed by atoms with E-state index >= 15 is 0 Å². The van der Waals surface area contributed by atoms with E-state index in [9.17, 15) is 4.79 Å². The average Bonchev–Trinajstić information content (AvgIpc) is 2.95. The van der Waals surface area contributed by atoms with Gasteiger partial charge in [0.1, 0.15) is 6.10 Å². The van der Waals surface area contributed by atoms with Gasteiger partial charge in [-0.1, -0.05) is 42.5 Å². The average molecular weight is 356 g/mol. The lowest BCUT2D eigenvalue weighted by atomic mass is 9.80. The number of esters is 1. The summed E-state index contributed by atoms with van der Waals surface area (Å²) in [5, 5.41) is 0. The molecule has 1 heterocycles. The van der Waals surface area contributed by atoms with Crippen LogP contribution in [0.4, 0.5) is 0 Å². The maximum absolute atomic E-state index is 13.1. The first-order chi connectivity index (χ1) is 12.6. The molecule has 3 heteroatoms. The fraction of sp³-hybridized carbons (Fsp3) is 0.609. The van der Waals surface area contributed by atoms with Crippen LogP contribution in [0, 0.1) is 5.92 Å². The summed E-state index contributed by atoms with van der Waals surface area (Å²) < 4.78 is 5.96. The molecular formula is C23H33NO2. The van der Waals surface area contributed by atoms with Crippen LogP contribution >= 0.6 is 0 Å². The van der Waals surface area contributed by atoms with Crippen LogP contribution in [0.15, 0.2) is 42.5 Å². The minimum atomic E-state index is -0.191. The molecule has 1 saturated heterocycles. The number of likely N-dealkylation sites (tertiary alicyclic amines) is 1. The van der Waals surface area contributed by atoms with Gasteiger partial charge in [-0.2, -0.15) is 0 Å². The molecule has 1 aliphatic carbocycles. The standard InChI is InChI=1S/C23H33NO2/c1-17-14-15-18(2)24(17)16-19(3)26-23(25)22(20-10-6-4-7-11-20)21-12-8-5-9-13-21/h4,6-8,10-12,17-19,21-22H,5,9,13-16H2,1-3H3. The summed E-state index contributed by atoms with van der Waals surface area (Å²) in [6.07, 6.45) is 10.2. The van der Waals surface area contributed by atoms with Crippen molar-refractivity contribution >= 4 is 5.97 Å². The van der Waals surface area contributed by atoms with Crippen LogP contribution in [0.25, 0.3) is 0 Å². The van der Waals surface area contributed by atoms with E-state index in [1.165, 1.54) is 12.8 Å². The van der Waals surface area contributed by atoms with E-state index in [-0.39, 0.29) is 23.9 Å². The maximum Gasteiger partial charge on any atom is 0.314 e. The molecule has 1 aromatic rings. The van der Waals surface area contributed by atoms with Crippen molar-refractivity contribution in [2.24, 2.45) is 5.92 Å². The van der Waals surface area contributed by atoms with Crippen molar-refractivity contribution in [3.8, 4) is 0 Å². The Labute approximate surface area is 158 Å². The summed E-state index contributed by atoms with van der Waals surface area (Å²) >= 11 is 0. The van der Waals surface area contributed by atoms with Crippen LogP contribution < -0.4 is 0 Å². The van der Waals surface area contributed by atoms with E-state index in [0.717, 1.165) is 31.4 Å². The van der Waals surface area contributed by atoms with Gasteiger partial charge in [0.05, 0.1) is 5.92 Å². The van der Waals surface area contributed by atoms with Gasteiger partial charge in [0.2, 0.25) is 0 Å². The van der Waals surface area contributed by atoms with Crippen molar-refractivity contribution in [1.82, 2.24) is 4.90 Å². The lowest BCUT2D eigenvalue weighted by Crippen LogP contribution is -2.40. The molecule has 1 aromatic carbocycles. The number of ether oxygens (including phenoxy) is 1. The van der Waals surface area contributed by atoms with E-state index in [1.54, 1.807) is 0 Å². The second kappa shape index (κ2) is 8.85. The first-order valence-electron chi connectivity index (χ1n) is 10.2. The molecule has 3 nitrogen and oxygen atoms in total. The second-order valence-electron chi connectivity index (χ2n) is 8.13. The maximum atomic E-state index is 13.1. The molecule has 2 aliphatic rings. The first kappa shape index (κ1) is 19.2. The highest BCUT2D eigenvalue weighted by Crippen LogP contribution is 2.34. The third kappa shape index (κ3) is 4.56. The SMILES string of the molecule is CC(CN1C(C)CCC1C)OC(=O)C(c1ccccc1)C1C=CCCC1. The lowest BCUT2D eigenvalue weighted by molar-refractivity contribution is -0.152. The third-order valence-electron chi connectivity index (χ3n) is 6.05. The van der Waals surface area contributed by atoms with E-state index in [1.807, 2.05) is 25.1 Å². The van der Waals surface area contributed by atoms with Crippen LogP contribution in [0.5, 0.6) is 0 Å². The quantitative estimate of drug-likeness (QED) is 0.535. The highest BCUT2D eigenvalue weighted by atomic mass is 16.5. The van der Waals surface area contributed by atoms with Crippen molar-refractivity contribution in [1.29, 1.82) is 0 Å². The molecule has 5 unspecified atom stereocenters. The molecule has 0 spiro atoms. The number of nitrogens with zero attached hydrogens (tertiary/aromatic N) is 1. The monoisotopic (exact) mass is 355 g/mol. The van der Waals surface area contributed by atoms with Crippen molar-refractivity contribution < 1.29 is 9.53 Å². The van der Waals surface area contributed by atoms with Gasteiger partial charge in [0.15, 0.2) is 0 Å². The third-order valence-corrected chi connectivity index (χ3v) is 6.05. The molecule has 0 N–H and O–H groups in total. The largest absolute Gasteiger partial charge is 0.461 e. The molecule has 0 bridgehead atoms. The predicted octanol–water partition coefficient (Wildman–Crippen LogP) is 4.93. The Morgan fingerprint density at radius 1 is 1.15 bits per heavy atom. The van der Waals surface area contributed by atoms with E-state index in [0.29, 0.717) is 12.1 Å². The topological polar surface area (TPSA) is 29.5 Å². The van der Waals surface area contributed by atoms with Crippen LogP contribution in [0.3, 0.4) is 0 Å². The Balaban J connectivity index is 1.69. The minimum Gasteiger partial charge on any atom is -0.461 e. The molecule has 1 aliphatic heterocycles. The summed E-state index contributed by atoms with van der Waals surface area (Å²) in [4.78, 5) is 15.6. The van der Waals surface area contributed by atoms with Crippen LogP contribution in [0.1, 0.15) is 64.4 Å². The molecule has 142 valence electrons. The Bertz CT molecular complexity index is 602. The number of benzene rings is 1. The Hall–Kier alpha value is -1.61. The smallest absolute Gasteiger partial charge is 0.314 e. The number of carbonyl (C=O) groups excluding carboxylic acids is 1. The zero-order valence-electron chi connectivity index (χ0n) is 16.4. The van der Waals surface area contributed by atoms with Crippen LogP contribution in [-0.4, -0.2) is 35.6 Å². The van der Waals surface area contributed by atoms with Gasteiger partial charge >= 0.3 is 5.97 Å². The molecule has 0 saturated carbocycles. The zero-order valence-corrected chi connectivity index (χ0v) is 16.4. The summed E-state index contributed by atoms with van der Waals surface area (Å²) in [5.74, 6) is -0.0149. The van der Waals surface area contributed by atoms with E-state index in [2.05, 4.69) is 43.0 Å². The van der Waals surface area contributed by atoms with Gasteiger partial charge in [-0.3, -0.25) is 9.69 Å². The molecular weight excluding hydrogens is 322 g/mol. The van der Waals surface area contributed by atoms with Gasteiger partial charge < -0.3 is 4.74 Å². The lowest BCUT2D eigenvalue weighted by Gasteiger charge is -2.31. The fourth-order valence-corrected chi connectivity index (χ4v) is 4.55. The van der Waals surface area contributed by atoms with Crippen LogP contribution in [-0.2, 0) is 9.53 Å². The van der Waals surface area contributed by atoms with Gasteiger partial charge in [-0.25, -0.2) is 0 Å². The number of hydrogen-bond donors (Lipinski definition) is 0. The molecule has 0 aromatic heterocycles. The van der Waals surface area contributed by atoms with Gasteiger partial charge in [-0.15, -0.1) is 0 Å². The normalized spacial score (nSPS) is 28.7.